The maximum Gasteiger partial charge on any atom is 0.227 e. The van der Waals surface area contributed by atoms with Crippen molar-refractivity contribution < 1.29 is 14.3 Å². The molecule has 0 aromatic carbocycles. The minimum atomic E-state index is 0.0711. The number of hydrogen-bond donors (Lipinski definition) is 0. The normalized spacial score (nSPS) is 32.7. The molecule has 0 radical (unpaired) electrons. The van der Waals surface area contributed by atoms with E-state index in [9.17, 15) is 4.79 Å². The van der Waals surface area contributed by atoms with Gasteiger partial charge in [-0.3, -0.25) is 4.79 Å². The lowest BCUT2D eigenvalue weighted by atomic mass is 9.96. The van der Waals surface area contributed by atoms with Gasteiger partial charge in [0, 0.05) is 19.6 Å². The van der Waals surface area contributed by atoms with Gasteiger partial charge in [-0.05, 0) is 45.4 Å². The molecule has 1 saturated carbocycles. The van der Waals surface area contributed by atoms with Crippen LogP contribution in [-0.2, 0) is 14.3 Å². The maximum absolute atomic E-state index is 12.7. The van der Waals surface area contributed by atoms with Gasteiger partial charge in [0.05, 0.1) is 18.8 Å². The standard InChI is InChI=1S/C17H27NO3/c1-2-20-17-14-8-9-15(17)21-11-10-18(14)16(19)12-13-6-4-3-5-7-13/h6,14-15,17H,2-5,7-12H2,1H3. The van der Waals surface area contributed by atoms with Gasteiger partial charge in [-0.1, -0.05) is 11.6 Å². The third-order valence-electron chi connectivity index (χ3n) is 5.00. The number of fused-ring (bicyclic) bond motifs is 2. The predicted molar refractivity (Wildman–Crippen MR) is 81.1 cm³/mol. The molecule has 0 spiro atoms. The van der Waals surface area contributed by atoms with Crippen molar-refractivity contribution in [1.29, 1.82) is 0 Å². The first kappa shape index (κ1) is 15.0. The predicted octanol–water partition coefficient (Wildman–Crippen LogP) is 2.67. The molecule has 3 unspecified atom stereocenters. The van der Waals surface area contributed by atoms with Gasteiger partial charge >= 0.3 is 0 Å². The molecular weight excluding hydrogens is 266 g/mol. The van der Waals surface area contributed by atoms with E-state index in [1.165, 1.54) is 18.4 Å². The van der Waals surface area contributed by atoms with Crippen LogP contribution in [0.1, 0.15) is 51.9 Å². The lowest BCUT2D eigenvalue weighted by Gasteiger charge is -2.31. The lowest BCUT2D eigenvalue weighted by Crippen LogP contribution is -2.46. The van der Waals surface area contributed by atoms with E-state index in [0.717, 1.165) is 32.2 Å². The zero-order valence-electron chi connectivity index (χ0n) is 13.1. The largest absolute Gasteiger partial charge is 0.374 e. The highest BCUT2D eigenvalue weighted by molar-refractivity contribution is 5.79. The van der Waals surface area contributed by atoms with Gasteiger partial charge in [0.25, 0.3) is 0 Å². The Morgan fingerprint density at radius 2 is 2.33 bits per heavy atom. The maximum atomic E-state index is 12.7. The van der Waals surface area contributed by atoms with Crippen molar-refractivity contribution in [3.8, 4) is 0 Å². The van der Waals surface area contributed by atoms with Gasteiger partial charge < -0.3 is 14.4 Å². The first-order valence-corrected chi connectivity index (χ1v) is 8.50. The molecule has 0 aromatic rings. The van der Waals surface area contributed by atoms with Crippen LogP contribution in [0.3, 0.4) is 0 Å². The number of carbonyl (C=O) groups is 1. The summed E-state index contributed by atoms with van der Waals surface area (Å²) in [5.41, 5.74) is 1.33. The number of allylic oxidation sites excluding steroid dienone is 1. The second kappa shape index (κ2) is 6.93. The first-order valence-electron chi connectivity index (χ1n) is 8.50. The molecule has 1 heterocycles. The molecule has 118 valence electrons. The third kappa shape index (κ3) is 3.32. The topological polar surface area (TPSA) is 38.8 Å². The Hall–Kier alpha value is -0.870. The zero-order chi connectivity index (χ0) is 14.7. The number of ether oxygens (including phenoxy) is 2. The average molecular weight is 293 g/mol. The van der Waals surface area contributed by atoms with Crippen molar-refractivity contribution in [1.82, 2.24) is 4.90 Å². The van der Waals surface area contributed by atoms with E-state index in [1.54, 1.807) is 0 Å². The molecule has 0 N–H and O–H groups in total. The number of rotatable bonds is 4. The van der Waals surface area contributed by atoms with Crippen LogP contribution in [0.4, 0.5) is 0 Å². The van der Waals surface area contributed by atoms with Crippen molar-refractivity contribution in [3.63, 3.8) is 0 Å². The molecule has 2 fully saturated rings. The Kier molecular flexibility index (Phi) is 4.96. The van der Waals surface area contributed by atoms with Gasteiger partial charge in [0.1, 0.15) is 6.10 Å². The highest BCUT2D eigenvalue weighted by atomic mass is 16.5. The van der Waals surface area contributed by atoms with Gasteiger partial charge in [0.15, 0.2) is 0 Å². The fourth-order valence-electron chi connectivity index (χ4n) is 3.97. The SMILES string of the molecule is CCOC1C2CCC1N(C(=O)CC1=CCCCC1)CCO2. The highest BCUT2D eigenvalue weighted by Crippen LogP contribution is 2.33. The molecule has 3 aliphatic rings. The third-order valence-corrected chi connectivity index (χ3v) is 5.00. The highest BCUT2D eigenvalue weighted by Gasteiger charge is 2.44. The molecule has 0 aromatic heterocycles. The second-order valence-corrected chi connectivity index (χ2v) is 6.35. The van der Waals surface area contributed by atoms with Gasteiger partial charge in [-0.2, -0.15) is 0 Å². The summed E-state index contributed by atoms with van der Waals surface area (Å²) in [5.74, 6) is 0.268. The smallest absolute Gasteiger partial charge is 0.227 e. The Balaban J connectivity index is 1.67. The molecule has 2 bridgehead atoms. The van der Waals surface area contributed by atoms with Crippen molar-refractivity contribution >= 4 is 5.91 Å². The van der Waals surface area contributed by atoms with E-state index in [4.69, 9.17) is 9.47 Å². The molecule has 2 aliphatic carbocycles. The number of carbonyl (C=O) groups excluding carboxylic acids is 1. The summed E-state index contributed by atoms with van der Waals surface area (Å²) in [5, 5.41) is 0. The molecule has 3 atom stereocenters. The molecule has 4 heteroatoms. The molecule has 1 aliphatic heterocycles. The Labute approximate surface area is 127 Å². The zero-order valence-corrected chi connectivity index (χ0v) is 13.1. The average Bonchev–Trinajstić information content (AvgIpc) is 2.76. The second-order valence-electron chi connectivity index (χ2n) is 6.35. The van der Waals surface area contributed by atoms with Crippen LogP contribution in [-0.4, -0.2) is 48.8 Å². The number of hydrogen-bond acceptors (Lipinski definition) is 3. The summed E-state index contributed by atoms with van der Waals surface area (Å²) in [4.78, 5) is 14.8. The van der Waals surface area contributed by atoms with E-state index in [2.05, 4.69) is 6.08 Å². The minimum absolute atomic E-state index is 0.0711. The van der Waals surface area contributed by atoms with Crippen LogP contribution in [0.15, 0.2) is 11.6 Å². The summed E-state index contributed by atoms with van der Waals surface area (Å²) in [6.07, 6.45) is 9.89. The monoisotopic (exact) mass is 293 g/mol. The van der Waals surface area contributed by atoms with Crippen LogP contribution in [0.2, 0.25) is 0 Å². The molecule has 21 heavy (non-hydrogen) atoms. The van der Waals surface area contributed by atoms with Gasteiger partial charge in [-0.25, -0.2) is 0 Å². The van der Waals surface area contributed by atoms with Gasteiger partial charge in [0.2, 0.25) is 5.91 Å². The Bertz CT molecular complexity index is 407. The molecule has 1 amide bonds. The first-order chi connectivity index (χ1) is 10.3. The number of nitrogens with zero attached hydrogens (tertiary/aromatic N) is 1. The molecule has 1 saturated heterocycles. The Morgan fingerprint density at radius 3 is 3.10 bits per heavy atom. The van der Waals surface area contributed by atoms with Gasteiger partial charge in [-0.15, -0.1) is 0 Å². The van der Waals surface area contributed by atoms with Crippen molar-refractivity contribution in [2.24, 2.45) is 0 Å². The number of amides is 1. The summed E-state index contributed by atoms with van der Waals surface area (Å²) in [6.45, 7) is 4.07. The van der Waals surface area contributed by atoms with E-state index in [-0.39, 0.29) is 24.2 Å². The van der Waals surface area contributed by atoms with Crippen LogP contribution in [0.5, 0.6) is 0 Å². The molecule has 3 rings (SSSR count). The van der Waals surface area contributed by atoms with E-state index in [1.807, 2.05) is 11.8 Å². The summed E-state index contributed by atoms with van der Waals surface area (Å²) in [7, 11) is 0. The van der Waals surface area contributed by atoms with E-state index < -0.39 is 0 Å². The summed E-state index contributed by atoms with van der Waals surface area (Å²) >= 11 is 0. The molecule has 4 nitrogen and oxygen atoms in total. The van der Waals surface area contributed by atoms with E-state index >= 15 is 0 Å². The van der Waals surface area contributed by atoms with Crippen LogP contribution in [0.25, 0.3) is 0 Å². The van der Waals surface area contributed by atoms with Crippen LogP contribution in [0, 0.1) is 0 Å². The van der Waals surface area contributed by atoms with Crippen molar-refractivity contribution in [2.45, 2.75) is 70.1 Å². The van der Waals surface area contributed by atoms with Crippen LogP contribution >= 0.6 is 0 Å². The van der Waals surface area contributed by atoms with Crippen molar-refractivity contribution in [2.75, 3.05) is 19.8 Å². The summed E-state index contributed by atoms with van der Waals surface area (Å²) in [6, 6.07) is 0.217. The Morgan fingerprint density at radius 1 is 1.43 bits per heavy atom. The quantitative estimate of drug-likeness (QED) is 0.748. The minimum Gasteiger partial charge on any atom is -0.374 e. The lowest BCUT2D eigenvalue weighted by molar-refractivity contribution is -0.135. The fourth-order valence-corrected chi connectivity index (χ4v) is 3.97. The fraction of sp³-hybridized carbons (Fsp3) is 0.824. The summed E-state index contributed by atoms with van der Waals surface area (Å²) < 4.78 is 11.8. The van der Waals surface area contributed by atoms with Crippen LogP contribution < -0.4 is 0 Å². The van der Waals surface area contributed by atoms with Crippen molar-refractivity contribution in [3.05, 3.63) is 11.6 Å². The molecular formula is C17H27NO3. The van der Waals surface area contributed by atoms with E-state index in [0.29, 0.717) is 19.6 Å².